The highest BCUT2D eigenvalue weighted by Crippen LogP contribution is 2.19. The van der Waals surface area contributed by atoms with Crippen LogP contribution in [-0.2, 0) is 28.1 Å². The van der Waals surface area contributed by atoms with Gasteiger partial charge in [-0.05, 0) is 25.5 Å². The van der Waals surface area contributed by atoms with Crippen molar-refractivity contribution in [2.75, 3.05) is 11.1 Å². The van der Waals surface area contributed by atoms with Gasteiger partial charge in [0.1, 0.15) is 5.82 Å². The first kappa shape index (κ1) is 17.2. The summed E-state index contributed by atoms with van der Waals surface area (Å²) in [6.07, 6.45) is 0.655. The summed E-state index contributed by atoms with van der Waals surface area (Å²) in [6, 6.07) is 8.15. The number of carbonyl (C=O) groups excluding carboxylic acids is 1. The van der Waals surface area contributed by atoms with Crippen molar-refractivity contribution in [3.05, 3.63) is 41.6 Å². The Morgan fingerprint density at radius 1 is 1.26 bits per heavy atom. The highest BCUT2D eigenvalue weighted by atomic mass is 32.2. The number of hydrogen-bond donors (Lipinski definition) is 1. The minimum Gasteiger partial charge on any atom is -0.311 e. The van der Waals surface area contributed by atoms with Crippen molar-refractivity contribution in [2.24, 2.45) is 7.05 Å². The van der Waals surface area contributed by atoms with E-state index in [1.807, 2.05) is 13.8 Å². The number of aryl methyl sites for hydroxylation is 2. The average Bonchev–Trinajstić information content (AvgIpc) is 2.79. The number of benzene rings is 1. The Morgan fingerprint density at radius 2 is 1.91 bits per heavy atom. The zero-order valence-electron chi connectivity index (χ0n) is 13.5. The van der Waals surface area contributed by atoms with E-state index >= 15 is 0 Å². The molecule has 0 aliphatic carbocycles. The van der Waals surface area contributed by atoms with Crippen LogP contribution in [0.25, 0.3) is 0 Å². The molecule has 0 bridgehead atoms. The molecule has 0 radical (unpaired) electrons. The third-order valence-corrected chi connectivity index (χ3v) is 5.39. The van der Waals surface area contributed by atoms with E-state index in [9.17, 15) is 13.2 Å². The second kappa shape index (κ2) is 6.95. The molecule has 1 N–H and O–H groups in total. The third kappa shape index (κ3) is 3.98. The van der Waals surface area contributed by atoms with Crippen molar-refractivity contribution in [1.29, 1.82) is 0 Å². The van der Waals surface area contributed by atoms with Crippen molar-refractivity contribution in [2.45, 2.75) is 31.6 Å². The normalized spacial score (nSPS) is 11.4. The van der Waals surface area contributed by atoms with Gasteiger partial charge >= 0.3 is 0 Å². The number of anilines is 1. The van der Waals surface area contributed by atoms with Gasteiger partial charge in [0.2, 0.25) is 5.91 Å². The number of hydrogen-bond acceptors (Lipinski definition) is 4. The highest BCUT2D eigenvalue weighted by molar-refractivity contribution is 7.91. The Balaban J connectivity index is 2.04. The maximum absolute atomic E-state index is 12.2. The topological polar surface area (TPSA) is 81.1 Å². The fraction of sp³-hybridized carbons (Fsp3) is 0.375. The van der Waals surface area contributed by atoms with Crippen molar-refractivity contribution >= 4 is 21.6 Å². The van der Waals surface area contributed by atoms with Crippen molar-refractivity contribution in [1.82, 2.24) is 9.78 Å². The lowest BCUT2D eigenvalue weighted by molar-refractivity contribution is -0.115. The predicted molar refractivity (Wildman–Crippen MR) is 89.1 cm³/mol. The molecule has 124 valence electrons. The molecule has 0 unspecified atom stereocenters. The summed E-state index contributed by atoms with van der Waals surface area (Å²) >= 11 is 0. The van der Waals surface area contributed by atoms with Crippen LogP contribution in [0.1, 0.15) is 24.6 Å². The quantitative estimate of drug-likeness (QED) is 0.876. The number of nitrogens with one attached hydrogen (secondary N) is 1. The summed E-state index contributed by atoms with van der Waals surface area (Å²) in [6.45, 7) is 3.87. The number of sulfone groups is 1. The number of carbonyl (C=O) groups is 1. The highest BCUT2D eigenvalue weighted by Gasteiger charge is 2.18. The van der Waals surface area contributed by atoms with Gasteiger partial charge in [0.25, 0.3) is 0 Å². The van der Waals surface area contributed by atoms with Crippen molar-refractivity contribution < 1.29 is 13.2 Å². The van der Waals surface area contributed by atoms with Crippen LogP contribution in [0.15, 0.2) is 35.2 Å². The first-order valence-electron chi connectivity index (χ1n) is 7.45. The predicted octanol–water partition coefficient (Wildman–Crippen LogP) is 2.09. The van der Waals surface area contributed by atoms with Gasteiger partial charge in [0.15, 0.2) is 9.84 Å². The van der Waals surface area contributed by atoms with Crippen LogP contribution in [-0.4, -0.2) is 29.9 Å². The summed E-state index contributed by atoms with van der Waals surface area (Å²) in [4.78, 5) is 12.3. The van der Waals surface area contributed by atoms with Gasteiger partial charge in [-0.25, -0.2) is 8.42 Å². The standard InChI is InChI=1S/C16H21N3O3S/c1-4-14-12(2)18-19(3)16(14)17-15(20)10-11-23(21,22)13-8-6-5-7-9-13/h5-9H,4,10-11H2,1-3H3,(H,17,20). The molecule has 1 aromatic carbocycles. The smallest absolute Gasteiger partial charge is 0.226 e. The first-order chi connectivity index (χ1) is 10.8. The molecule has 7 heteroatoms. The lowest BCUT2D eigenvalue weighted by atomic mass is 10.2. The molecule has 2 aromatic rings. The van der Waals surface area contributed by atoms with E-state index in [0.29, 0.717) is 5.82 Å². The number of amides is 1. The summed E-state index contributed by atoms with van der Waals surface area (Å²) in [5.41, 5.74) is 1.83. The van der Waals surface area contributed by atoms with E-state index in [-0.39, 0.29) is 23.0 Å². The van der Waals surface area contributed by atoms with Gasteiger partial charge in [0, 0.05) is 19.0 Å². The Morgan fingerprint density at radius 3 is 2.52 bits per heavy atom. The molecule has 0 saturated heterocycles. The van der Waals surface area contributed by atoms with Crippen LogP contribution < -0.4 is 5.32 Å². The van der Waals surface area contributed by atoms with Crippen molar-refractivity contribution in [3.8, 4) is 0 Å². The molecule has 6 nitrogen and oxygen atoms in total. The van der Waals surface area contributed by atoms with Gasteiger partial charge in [-0.1, -0.05) is 25.1 Å². The van der Waals surface area contributed by atoms with Crippen LogP contribution >= 0.6 is 0 Å². The van der Waals surface area contributed by atoms with Crippen LogP contribution in [0.5, 0.6) is 0 Å². The van der Waals surface area contributed by atoms with E-state index in [1.165, 1.54) is 12.1 Å². The molecule has 23 heavy (non-hydrogen) atoms. The minimum absolute atomic E-state index is 0.0926. The summed E-state index contributed by atoms with van der Waals surface area (Å²) < 4.78 is 26.0. The molecule has 1 aromatic heterocycles. The largest absolute Gasteiger partial charge is 0.311 e. The molecule has 1 amide bonds. The second-order valence-corrected chi connectivity index (χ2v) is 7.43. The first-order valence-corrected chi connectivity index (χ1v) is 9.10. The van der Waals surface area contributed by atoms with E-state index in [2.05, 4.69) is 10.4 Å². The maximum Gasteiger partial charge on any atom is 0.226 e. The Hall–Kier alpha value is -2.15. The van der Waals surface area contributed by atoms with E-state index < -0.39 is 9.84 Å². The Bertz CT molecular complexity index is 795. The number of aromatic nitrogens is 2. The van der Waals surface area contributed by atoms with Crippen LogP contribution in [0, 0.1) is 6.92 Å². The number of rotatable bonds is 6. The SMILES string of the molecule is CCc1c(C)nn(C)c1NC(=O)CCS(=O)(=O)c1ccccc1. The lowest BCUT2D eigenvalue weighted by Gasteiger charge is -2.08. The molecule has 0 saturated carbocycles. The lowest BCUT2D eigenvalue weighted by Crippen LogP contribution is -2.19. The monoisotopic (exact) mass is 335 g/mol. The fourth-order valence-electron chi connectivity index (χ4n) is 2.45. The van der Waals surface area contributed by atoms with Crippen LogP contribution in [0.4, 0.5) is 5.82 Å². The molecule has 1 heterocycles. The van der Waals surface area contributed by atoms with Crippen molar-refractivity contribution in [3.63, 3.8) is 0 Å². The Kier molecular flexibility index (Phi) is 5.20. The second-order valence-electron chi connectivity index (χ2n) is 5.32. The molecule has 0 spiro atoms. The number of nitrogens with zero attached hydrogens (tertiary/aromatic N) is 2. The minimum atomic E-state index is -3.45. The van der Waals surface area contributed by atoms with E-state index in [0.717, 1.165) is 17.7 Å². The average molecular weight is 335 g/mol. The molecule has 0 atom stereocenters. The zero-order chi connectivity index (χ0) is 17.0. The molecule has 2 rings (SSSR count). The summed E-state index contributed by atoms with van der Waals surface area (Å²) in [5.74, 6) is 0.0792. The van der Waals surface area contributed by atoms with Gasteiger partial charge in [-0.2, -0.15) is 5.10 Å². The van der Waals surface area contributed by atoms with Gasteiger partial charge in [-0.15, -0.1) is 0 Å². The van der Waals surface area contributed by atoms with Gasteiger partial charge < -0.3 is 5.32 Å². The molecular weight excluding hydrogens is 314 g/mol. The summed E-state index contributed by atoms with van der Waals surface area (Å²) in [7, 11) is -1.70. The molecule has 0 aliphatic heterocycles. The third-order valence-electron chi connectivity index (χ3n) is 3.66. The maximum atomic E-state index is 12.2. The van der Waals surface area contributed by atoms with Crippen LogP contribution in [0.2, 0.25) is 0 Å². The van der Waals surface area contributed by atoms with Gasteiger partial charge in [-0.3, -0.25) is 9.48 Å². The molecule has 0 aliphatic rings. The summed E-state index contributed by atoms with van der Waals surface area (Å²) in [5, 5.41) is 7.05. The van der Waals surface area contributed by atoms with E-state index in [1.54, 1.807) is 29.9 Å². The zero-order valence-corrected chi connectivity index (χ0v) is 14.4. The van der Waals surface area contributed by atoms with Crippen LogP contribution in [0.3, 0.4) is 0 Å². The van der Waals surface area contributed by atoms with E-state index in [4.69, 9.17) is 0 Å². The molecule has 0 fully saturated rings. The molecular formula is C16H21N3O3S. The van der Waals surface area contributed by atoms with Gasteiger partial charge in [0.05, 0.1) is 16.3 Å². The Labute approximate surface area is 136 Å². The fourth-order valence-corrected chi connectivity index (χ4v) is 3.71.